The maximum Gasteiger partial charge on any atom is 0.325 e. The normalized spacial score (nSPS) is 23.2. The van der Waals surface area contributed by atoms with Crippen molar-refractivity contribution in [1.29, 1.82) is 0 Å². The van der Waals surface area contributed by atoms with E-state index in [1.165, 1.54) is 0 Å². The van der Waals surface area contributed by atoms with Crippen molar-refractivity contribution >= 4 is 0 Å². The van der Waals surface area contributed by atoms with Gasteiger partial charge in [-0.15, -0.1) is 0 Å². The van der Waals surface area contributed by atoms with Crippen molar-refractivity contribution in [2.45, 2.75) is 51.7 Å². The molecule has 1 heterocycles. The summed E-state index contributed by atoms with van der Waals surface area (Å²) in [6.07, 6.45) is 6.89. The minimum atomic E-state index is -0.707. The van der Waals surface area contributed by atoms with Crippen LogP contribution in [-0.2, 0) is 6.54 Å². The monoisotopic (exact) mass is 224 g/mol. The zero-order valence-electron chi connectivity index (χ0n) is 9.99. The van der Waals surface area contributed by atoms with E-state index in [0.717, 1.165) is 25.7 Å². The third kappa shape index (κ3) is 2.38. The highest BCUT2D eigenvalue weighted by Gasteiger charge is 2.36. The fourth-order valence-corrected chi connectivity index (χ4v) is 2.34. The van der Waals surface area contributed by atoms with Crippen molar-refractivity contribution in [3.63, 3.8) is 0 Å². The van der Waals surface area contributed by atoms with Gasteiger partial charge in [0.25, 0.3) is 0 Å². The van der Waals surface area contributed by atoms with E-state index in [2.05, 4.69) is 18.8 Å². The predicted molar refractivity (Wildman–Crippen MR) is 62.3 cm³/mol. The molecule has 2 rings (SSSR count). The number of rotatable bonds is 2. The number of aromatic amines is 1. The van der Waals surface area contributed by atoms with Gasteiger partial charge in [-0.3, -0.25) is 4.57 Å². The van der Waals surface area contributed by atoms with Gasteiger partial charge in [-0.2, -0.15) is 0 Å². The van der Waals surface area contributed by atoms with Crippen LogP contribution in [0.5, 0.6) is 0 Å². The van der Waals surface area contributed by atoms with Gasteiger partial charge in [0.1, 0.15) is 0 Å². The maximum atomic E-state index is 11.4. The Morgan fingerprint density at radius 3 is 2.50 bits per heavy atom. The Balaban J connectivity index is 2.06. The molecule has 0 atom stereocenters. The first kappa shape index (κ1) is 11.5. The number of hydrogen-bond donors (Lipinski definition) is 2. The minimum Gasteiger partial charge on any atom is -0.388 e. The van der Waals surface area contributed by atoms with Crippen molar-refractivity contribution < 1.29 is 5.11 Å². The quantitative estimate of drug-likeness (QED) is 0.800. The van der Waals surface area contributed by atoms with E-state index in [4.69, 9.17) is 0 Å². The molecule has 0 spiro atoms. The van der Waals surface area contributed by atoms with Crippen LogP contribution in [-0.4, -0.2) is 20.3 Å². The molecule has 0 aromatic carbocycles. The summed E-state index contributed by atoms with van der Waals surface area (Å²) < 4.78 is 1.55. The summed E-state index contributed by atoms with van der Waals surface area (Å²) in [5.74, 6) is 0. The third-order valence-electron chi connectivity index (χ3n) is 3.72. The van der Waals surface area contributed by atoms with Crippen molar-refractivity contribution in [3.05, 3.63) is 22.9 Å². The summed E-state index contributed by atoms with van der Waals surface area (Å²) in [6.45, 7) is 4.87. The highest BCUT2D eigenvalue weighted by atomic mass is 16.3. The number of imidazole rings is 1. The number of nitrogens with one attached hydrogen (secondary N) is 1. The zero-order chi connectivity index (χ0) is 11.8. The molecular formula is C12H20N2O2. The van der Waals surface area contributed by atoms with Gasteiger partial charge >= 0.3 is 5.69 Å². The molecule has 4 heteroatoms. The molecule has 1 aliphatic rings. The summed E-state index contributed by atoms with van der Waals surface area (Å²) in [5.41, 5.74) is -0.519. The second-order valence-electron chi connectivity index (χ2n) is 5.78. The lowest BCUT2D eigenvalue weighted by molar-refractivity contribution is -0.0391. The van der Waals surface area contributed by atoms with Crippen LogP contribution in [0.15, 0.2) is 17.2 Å². The molecule has 0 saturated heterocycles. The van der Waals surface area contributed by atoms with Crippen LogP contribution in [0.4, 0.5) is 0 Å². The summed E-state index contributed by atoms with van der Waals surface area (Å²) in [4.78, 5) is 13.9. The van der Waals surface area contributed by atoms with Crippen LogP contribution in [0, 0.1) is 5.41 Å². The van der Waals surface area contributed by atoms with Crippen LogP contribution in [0.1, 0.15) is 39.5 Å². The van der Waals surface area contributed by atoms with E-state index >= 15 is 0 Å². The first-order valence-electron chi connectivity index (χ1n) is 5.87. The molecule has 1 aromatic heterocycles. The van der Waals surface area contributed by atoms with E-state index in [0.29, 0.717) is 12.0 Å². The Morgan fingerprint density at radius 1 is 1.38 bits per heavy atom. The van der Waals surface area contributed by atoms with E-state index in [-0.39, 0.29) is 5.69 Å². The Hall–Kier alpha value is -1.03. The van der Waals surface area contributed by atoms with E-state index < -0.39 is 5.60 Å². The fourth-order valence-electron chi connectivity index (χ4n) is 2.34. The second kappa shape index (κ2) is 3.77. The standard InChI is InChI=1S/C12H20N2O2/c1-11(2)3-5-12(16,6-4-11)9-14-8-7-13-10(14)15/h7-8,16H,3-6,9H2,1-2H3,(H,13,15). The average Bonchev–Trinajstić information content (AvgIpc) is 2.58. The van der Waals surface area contributed by atoms with Crippen molar-refractivity contribution in [1.82, 2.24) is 9.55 Å². The fraction of sp³-hybridized carbons (Fsp3) is 0.750. The molecule has 0 amide bonds. The van der Waals surface area contributed by atoms with Gasteiger partial charge in [-0.05, 0) is 31.1 Å². The van der Waals surface area contributed by atoms with Gasteiger partial charge in [0, 0.05) is 12.4 Å². The molecule has 0 radical (unpaired) electrons. The zero-order valence-corrected chi connectivity index (χ0v) is 9.99. The van der Waals surface area contributed by atoms with Crippen LogP contribution < -0.4 is 5.69 Å². The number of aromatic nitrogens is 2. The minimum absolute atomic E-state index is 0.141. The van der Waals surface area contributed by atoms with Crippen LogP contribution in [0.3, 0.4) is 0 Å². The average molecular weight is 224 g/mol. The molecule has 0 bridgehead atoms. The van der Waals surface area contributed by atoms with Gasteiger partial charge in [0.05, 0.1) is 12.1 Å². The molecule has 4 nitrogen and oxygen atoms in total. The molecule has 1 fully saturated rings. The lowest BCUT2D eigenvalue weighted by Crippen LogP contribution is -2.42. The lowest BCUT2D eigenvalue weighted by Gasteiger charge is -2.40. The highest BCUT2D eigenvalue weighted by Crippen LogP contribution is 2.40. The highest BCUT2D eigenvalue weighted by molar-refractivity contribution is 4.91. The third-order valence-corrected chi connectivity index (χ3v) is 3.72. The molecule has 1 aliphatic carbocycles. The Labute approximate surface area is 95.3 Å². The van der Waals surface area contributed by atoms with Gasteiger partial charge in [-0.1, -0.05) is 13.8 Å². The van der Waals surface area contributed by atoms with E-state index in [1.54, 1.807) is 17.0 Å². The van der Waals surface area contributed by atoms with E-state index in [9.17, 15) is 9.90 Å². The molecule has 0 unspecified atom stereocenters. The first-order valence-corrected chi connectivity index (χ1v) is 5.87. The SMILES string of the molecule is CC1(C)CCC(O)(Cn2cc[nH]c2=O)CC1. The van der Waals surface area contributed by atoms with Crippen LogP contribution >= 0.6 is 0 Å². The van der Waals surface area contributed by atoms with Crippen LogP contribution in [0.2, 0.25) is 0 Å². The number of hydrogen-bond acceptors (Lipinski definition) is 2. The first-order chi connectivity index (χ1) is 7.40. The lowest BCUT2D eigenvalue weighted by atomic mass is 9.71. The summed E-state index contributed by atoms with van der Waals surface area (Å²) in [6, 6.07) is 0. The molecule has 0 aliphatic heterocycles. The largest absolute Gasteiger partial charge is 0.388 e. The Kier molecular flexibility index (Phi) is 2.70. The summed E-state index contributed by atoms with van der Waals surface area (Å²) >= 11 is 0. The molecule has 16 heavy (non-hydrogen) atoms. The van der Waals surface area contributed by atoms with E-state index in [1.807, 2.05) is 0 Å². The van der Waals surface area contributed by atoms with Crippen LogP contribution in [0.25, 0.3) is 0 Å². The number of H-pyrrole nitrogens is 1. The Bertz CT molecular complexity index is 407. The van der Waals surface area contributed by atoms with Crippen molar-refractivity contribution in [2.75, 3.05) is 0 Å². The topological polar surface area (TPSA) is 58.0 Å². The molecule has 2 N–H and O–H groups in total. The molecule has 1 aromatic rings. The number of nitrogens with zero attached hydrogens (tertiary/aromatic N) is 1. The second-order valence-corrected chi connectivity index (χ2v) is 5.78. The van der Waals surface area contributed by atoms with Gasteiger partial charge < -0.3 is 10.1 Å². The van der Waals surface area contributed by atoms with Crippen molar-refractivity contribution in [3.8, 4) is 0 Å². The summed E-state index contributed by atoms with van der Waals surface area (Å²) in [5, 5.41) is 10.4. The molecular weight excluding hydrogens is 204 g/mol. The van der Waals surface area contributed by atoms with Gasteiger partial charge in [0.2, 0.25) is 0 Å². The van der Waals surface area contributed by atoms with Gasteiger partial charge in [-0.25, -0.2) is 4.79 Å². The Morgan fingerprint density at radius 2 is 2.00 bits per heavy atom. The smallest absolute Gasteiger partial charge is 0.325 e. The maximum absolute atomic E-state index is 11.4. The van der Waals surface area contributed by atoms with Crippen molar-refractivity contribution in [2.24, 2.45) is 5.41 Å². The summed E-state index contributed by atoms with van der Waals surface area (Å²) in [7, 11) is 0. The molecule has 1 saturated carbocycles. The predicted octanol–water partition coefficient (Wildman–Crippen LogP) is 1.51. The molecule has 90 valence electrons. The van der Waals surface area contributed by atoms with Gasteiger partial charge in [0.15, 0.2) is 0 Å². The number of aliphatic hydroxyl groups is 1.